The van der Waals surface area contributed by atoms with Gasteiger partial charge in [0.15, 0.2) is 5.49 Å². The number of para-hydroxylation sites is 2. The van der Waals surface area contributed by atoms with Crippen LogP contribution in [0.15, 0.2) is 34.1 Å². The fourth-order valence-electron chi connectivity index (χ4n) is 3.57. The van der Waals surface area contributed by atoms with Crippen LogP contribution in [-0.2, 0) is 4.79 Å². The Labute approximate surface area is 160 Å². The summed E-state index contributed by atoms with van der Waals surface area (Å²) in [4.78, 5) is 32.2. The van der Waals surface area contributed by atoms with Crippen molar-refractivity contribution in [2.24, 2.45) is 10.7 Å². The van der Waals surface area contributed by atoms with Gasteiger partial charge in [0.2, 0.25) is 0 Å². The van der Waals surface area contributed by atoms with E-state index in [0.29, 0.717) is 28.8 Å². The number of ether oxygens (including phenoxy) is 1. The van der Waals surface area contributed by atoms with Crippen LogP contribution in [-0.4, -0.2) is 47.5 Å². The Morgan fingerprint density at radius 1 is 1.46 bits per heavy atom. The van der Waals surface area contributed by atoms with Gasteiger partial charge in [0.05, 0.1) is 12.8 Å². The maximum absolute atomic E-state index is 12.6. The number of fused-ring (bicyclic) bond motifs is 1. The van der Waals surface area contributed by atoms with E-state index in [1.165, 1.54) is 17.9 Å². The first kappa shape index (κ1) is 18.3. The van der Waals surface area contributed by atoms with E-state index in [0.717, 1.165) is 19.4 Å². The third kappa shape index (κ3) is 3.06. The molecular weight excluding hydrogens is 362 g/mol. The number of primary amides is 1. The van der Waals surface area contributed by atoms with E-state index in [2.05, 4.69) is 25.9 Å². The summed E-state index contributed by atoms with van der Waals surface area (Å²) in [6.45, 7) is 1.45. The van der Waals surface area contributed by atoms with Gasteiger partial charge in [-0.1, -0.05) is 12.1 Å². The lowest BCUT2D eigenvalue weighted by Crippen LogP contribution is -2.67. The molecule has 0 radical (unpaired) electrons. The number of nitrogens with zero attached hydrogens (tertiary/aromatic N) is 2. The standard InChI is InChI=1S/C18H23N7O3/c1-28-14-7-3-2-6-13(14)25-15-12(23-17(25)27)10-22-18(24-15,16(19)26)21-9-11-5-4-8-20-11/h2-3,6-7,10-11,20-22H,4-5,8-9H2,1H3,(H2,19,26)(H,23,27)/t11?,18-/m0/s1. The predicted molar refractivity (Wildman–Crippen MR) is 102 cm³/mol. The Morgan fingerprint density at radius 3 is 3.00 bits per heavy atom. The zero-order valence-corrected chi connectivity index (χ0v) is 15.5. The largest absolute Gasteiger partial charge is 0.495 e. The van der Waals surface area contributed by atoms with Crippen molar-refractivity contribution in [1.82, 2.24) is 25.5 Å². The maximum atomic E-state index is 12.6. The topological polar surface area (TPSA) is 139 Å². The van der Waals surface area contributed by atoms with Gasteiger partial charge in [0.1, 0.15) is 11.1 Å². The molecule has 0 aliphatic carbocycles. The summed E-state index contributed by atoms with van der Waals surface area (Å²) >= 11 is 0. The Balaban J connectivity index is 1.82. The monoisotopic (exact) mass is 385 g/mol. The van der Waals surface area contributed by atoms with Crippen LogP contribution in [0.1, 0.15) is 12.8 Å². The molecule has 0 spiro atoms. The quantitative estimate of drug-likeness (QED) is 0.376. The average Bonchev–Trinajstić information content (AvgIpc) is 3.32. The number of nitrogens with one attached hydrogen (secondary N) is 4. The van der Waals surface area contributed by atoms with Gasteiger partial charge in [0, 0.05) is 18.8 Å². The molecule has 2 aliphatic rings. The first-order chi connectivity index (χ1) is 13.5. The highest BCUT2D eigenvalue weighted by Gasteiger charge is 2.38. The molecule has 28 heavy (non-hydrogen) atoms. The van der Waals surface area contributed by atoms with Gasteiger partial charge in [-0.15, -0.1) is 0 Å². The average molecular weight is 385 g/mol. The van der Waals surface area contributed by atoms with Crippen LogP contribution >= 0.6 is 0 Å². The van der Waals surface area contributed by atoms with Crippen LogP contribution in [0.4, 0.5) is 0 Å². The Morgan fingerprint density at radius 2 is 2.29 bits per heavy atom. The minimum Gasteiger partial charge on any atom is -0.495 e. The molecule has 2 aliphatic heterocycles. The number of amides is 1. The lowest BCUT2D eigenvalue weighted by molar-refractivity contribution is -0.125. The molecule has 6 N–H and O–H groups in total. The third-order valence-corrected chi connectivity index (χ3v) is 5.05. The number of carbonyl (C=O) groups is 1. The van der Waals surface area contributed by atoms with Crippen LogP contribution in [0.5, 0.6) is 5.75 Å². The van der Waals surface area contributed by atoms with Crippen molar-refractivity contribution in [2.75, 3.05) is 20.2 Å². The van der Waals surface area contributed by atoms with Crippen molar-refractivity contribution in [3.05, 3.63) is 45.6 Å². The van der Waals surface area contributed by atoms with Crippen LogP contribution < -0.4 is 42.9 Å². The zero-order valence-electron chi connectivity index (χ0n) is 15.5. The van der Waals surface area contributed by atoms with Crippen molar-refractivity contribution in [1.29, 1.82) is 0 Å². The van der Waals surface area contributed by atoms with E-state index in [4.69, 9.17) is 10.5 Å². The number of methoxy groups -OCH3 is 1. The van der Waals surface area contributed by atoms with Crippen molar-refractivity contribution in [3.8, 4) is 11.4 Å². The summed E-state index contributed by atoms with van der Waals surface area (Å²) < 4.78 is 6.75. The number of imidazole rings is 1. The molecule has 10 heteroatoms. The lowest BCUT2D eigenvalue weighted by Gasteiger charge is -2.30. The Bertz CT molecular complexity index is 1070. The molecule has 1 aromatic heterocycles. The molecule has 4 rings (SSSR count). The molecule has 0 bridgehead atoms. The second-order valence-electron chi connectivity index (χ2n) is 6.82. The zero-order chi connectivity index (χ0) is 19.7. The van der Waals surface area contributed by atoms with E-state index < -0.39 is 17.4 Å². The molecule has 1 fully saturated rings. The molecule has 148 valence electrons. The first-order valence-electron chi connectivity index (χ1n) is 9.14. The summed E-state index contributed by atoms with van der Waals surface area (Å²) in [5.74, 6) is -1.73. The van der Waals surface area contributed by atoms with Gasteiger partial charge in [-0.05, 0) is 31.5 Å². The van der Waals surface area contributed by atoms with Gasteiger partial charge in [-0.3, -0.25) is 10.1 Å². The van der Waals surface area contributed by atoms with Crippen molar-refractivity contribution in [3.63, 3.8) is 0 Å². The number of aromatic nitrogens is 2. The van der Waals surface area contributed by atoms with Crippen LogP contribution in [0.3, 0.4) is 0 Å². The molecule has 3 heterocycles. The molecule has 1 unspecified atom stereocenters. The van der Waals surface area contributed by atoms with E-state index in [9.17, 15) is 9.59 Å². The minimum atomic E-state index is -1.55. The SMILES string of the molecule is COc1ccccc1-n1c(=O)[nH]c2c1=N[C@](NCC1CCCN1)(C(N)=O)NC=2. The third-order valence-electron chi connectivity index (χ3n) is 5.05. The van der Waals surface area contributed by atoms with Crippen LogP contribution in [0.2, 0.25) is 0 Å². The molecule has 1 amide bonds. The molecule has 0 saturated carbocycles. The number of H-pyrrole nitrogens is 1. The smallest absolute Gasteiger partial charge is 0.332 e. The normalized spacial score (nSPS) is 23.2. The summed E-state index contributed by atoms with van der Waals surface area (Å²) in [5.41, 5.74) is 6.09. The van der Waals surface area contributed by atoms with Crippen LogP contribution in [0.25, 0.3) is 11.9 Å². The van der Waals surface area contributed by atoms with E-state index in [1.807, 2.05) is 0 Å². The number of hydrogen-bond acceptors (Lipinski definition) is 7. The molecular formula is C18H23N7O3. The fraction of sp³-hybridized carbons (Fsp3) is 0.389. The second kappa shape index (κ2) is 7.13. The summed E-state index contributed by atoms with van der Waals surface area (Å²) in [6.07, 6.45) is 3.63. The van der Waals surface area contributed by atoms with Crippen molar-refractivity contribution < 1.29 is 9.53 Å². The van der Waals surface area contributed by atoms with Gasteiger partial charge in [-0.2, -0.15) is 0 Å². The summed E-state index contributed by atoms with van der Waals surface area (Å²) in [6, 6.07) is 7.32. The number of nitrogens with two attached hydrogens (primary N) is 1. The number of aromatic amines is 1. The highest BCUT2D eigenvalue weighted by atomic mass is 16.5. The predicted octanol–water partition coefficient (Wildman–Crippen LogP) is -2.38. The summed E-state index contributed by atoms with van der Waals surface area (Å²) in [5, 5.41) is 9.85. The van der Waals surface area contributed by atoms with Crippen LogP contribution in [0, 0.1) is 0 Å². The number of benzene rings is 1. The van der Waals surface area contributed by atoms with Gasteiger partial charge in [-0.25, -0.2) is 14.4 Å². The first-order valence-corrected chi connectivity index (χ1v) is 9.14. The van der Waals surface area contributed by atoms with Gasteiger partial charge in [0.25, 0.3) is 11.7 Å². The summed E-state index contributed by atoms with van der Waals surface area (Å²) in [7, 11) is 1.53. The number of hydrogen-bond donors (Lipinski definition) is 5. The van der Waals surface area contributed by atoms with E-state index >= 15 is 0 Å². The highest BCUT2D eigenvalue weighted by Crippen LogP contribution is 2.19. The molecule has 1 saturated heterocycles. The highest BCUT2D eigenvalue weighted by molar-refractivity contribution is 5.84. The van der Waals surface area contributed by atoms with E-state index in [-0.39, 0.29) is 6.04 Å². The van der Waals surface area contributed by atoms with Crippen molar-refractivity contribution >= 4 is 12.1 Å². The Kier molecular flexibility index (Phi) is 4.65. The van der Waals surface area contributed by atoms with Crippen molar-refractivity contribution in [2.45, 2.75) is 24.7 Å². The maximum Gasteiger partial charge on any atom is 0.332 e. The fourth-order valence-corrected chi connectivity index (χ4v) is 3.57. The van der Waals surface area contributed by atoms with E-state index in [1.54, 1.807) is 24.3 Å². The Hall–Kier alpha value is -3.11. The molecule has 10 nitrogen and oxygen atoms in total. The second-order valence-corrected chi connectivity index (χ2v) is 6.82. The number of carbonyl (C=O) groups excluding carboxylic acids is 1. The van der Waals surface area contributed by atoms with Gasteiger partial charge >= 0.3 is 5.69 Å². The molecule has 2 aromatic rings. The minimum absolute atomic E-state index is 0.234. The number of rotatable bonds is 6. The molecule has 2 atom stereocenters. The van der Waals surface area contributed by atoms with Gasteiger partial charge < -0.3 is 26.1 Å². The molecule has 1 aromatic carbocycles. The lowest BCUT2D eigenvalue weighted by atomic mass is 10.2.